The highest BCUT2D eigenvalue weighted by Crippen LogP contribution is 2.23. The topological polar surface area (TPSA) is 69.8 Å². The summed E-state index contributed by atoms with van der Waals surface area (Å²) in [5.41, 5.74) is 2.91. The van der Waals surface area contributed by atoms with Crippen molar-refractivity contribution >= 4 is 17.2 Å². The van der Waals surface area contributed by atoms with E-state index in [1.807, 2.05) is 42.8 Å². The molecule has 7 nitrogen and oxygen atoms in total. The van der Waals surface area contributed by atoms with Crippen LogP contribution >= 0.6 is 0 Å². The van der Waals surface area contributed by atoms with Crippen molar-refractivity contribution in [2.75, 3.05) is 38.5 Å². The minimum Gasteiger partial charge on any atom is -0.323 e. The van der Waals surface area contributed by atoms with Crippen molar-refractivity contribution < 1.29 is 4.39 Å². The number of amidine groups is 1. The molecule has 1 aliphatic rings. The molecule has 1 unspecified atom stereocenters. The molecule has 33 heavy (non-hydrogen) atoms. The Kier molecular flexibility index (Phi) is 7.47. The number of allylic oxidation sites excluding steroid dienone is 1. The summed E-state index contributed by atoms with van der Waals surface area (Å²) < 4.78 is 15.5. The SMILES string of the molecule is CN=C(C=C(C)C)Nc1nc(C(NCCN2CCCC2)c2ccc(F)cc2)nn2cccc12. The zero-order valence-corrected chi connectivity index (χ0v) is 19.6. The van der Waals surface area contributed by atoms with Gasteiger partial charge < -0.3 is 15.5 Å². The molecular formula is C25H32FN7. The largest absolute Gasteiger partial charge is 0.323 e. The number of halogens is 1. The van der Waals surface area contributed by atoms with Crippen LogP contribution in [0.3, 0.4) is 0 Å². The summed E-state index contributed by atoms with van der Waals surface area (Å²) in [5, 5.41) is 11.7. The summed E-state index contributed by atoms with van der Waals surface area (Å²) in [6.07, 6.45) is 6.40. The summed E-state index contributed by atoms with van der Waals surface area (Å²) in [5.74, 6) is 1.76. The molecule has 0 amide bonds. The molecule has 1 aliphatic heterocycles. The Morgan fingerprint density at radius 1 is 1.18 bits per heavy atom. The van der Waals surface area contributed by atoms with Crippen molar-refractivity contribution in [2.45, 2.75) is 32.7 Å². The quantitative estimate of drug-likeness (QED) is 0.401. The maximum absolute atomic E-state index is 13.6. The van der Waals surface area contributed by atoms with Gasteiger partial charge in [-0.1, -0.05) is 17.7 Å². The number of fused-ring (bicyclic) bond motifs is 1. The van der Waals surface area contributed by atoms with Gasteiger partial charge in [-0.25, -0.2) is 13.9 Å². The van der Waals surface area contributed by atoms with E-state index >= 15 is 0 Å². The van der Waals surface area contributed by atoms with Crippen molar-refractivity contribution in [3.05, 3.63) is 71.4 Å². The summed E-state index contributed by atoms with van der Waals surface area (Å²) in [6.45, 7) is 8.09. The first-order valence-electron chi connectivity index (χ1n) is 11.5. The highest BCUT2D eigenvalue weighted by Gasteiger charge is 2.21. The Morgan fingerprint density at radius 3 is 2.64 bits per heavy atom. The number of anilines is 1. The van der Waals surface area contributed by atoms with Crippen molar-refractivity contribution in [1.29, 1.82) is 0 Å². The van der Waals surface area contributed by atoms with E-state index in [1.165, 1.54) is 25.0 Å². The summed E-state index contributed by atoms with van der Waals surface area (Å²) in [4.78, 5) is 11.7. The molecule has 3 aromatic rings. The highest BCUT2D eigenvalue weighted by molar-refractivity contribution is 6.05. The Morgan fingerprint density at radius 2 is 1.94 bits per heavy atom. The second-order valence-corrected chi connectivity index (χ2v) is 8.60. The molecule has 1 atom stereocenters. The molecule has 8 heteroatoms. The Hall–Kier alpha value is -3.10. The van der Waals surface area contributed by atoms with Crippen LogP contribution in [-0.4, -0.2) is 58.6 Å². The molecule has 4 rings (SSSR count). The number of rotatable bonds is 8. The predicted octanol–water partition coefficient (Wildman–Crippen LogP) is 4.05. The predicted molar refractivity (Wildman–Crippen MR) is 131 cm³/mol. The first-order chi connectivity index (χ1) is 16.0. The third kappa shape index (κ3) is 5.83. The van der Waals surface area contributed by atoms with Crippen molar-refractivity contribution in [3.63, 3.8) is 0 Å². The van der Waals surface area contributed by atoms with E-state index in [9.17, 15) is 4.39 Å². The molecule has 3 heterocycles. The summed E-state index contributed by atoms with van der Waals surface area (Å²) >= 11 is 0. The van der Waals surface area contributed by atoms with Gasteiger partial charge >= 0.3 is 0 Å². The first-order valence-corrected chi connectivity index (χ1v) is 11.5. The molecule has 1 fully saturated rings. The van der Waals surface area contributed by atoms with Gasteiger partial charge in [-0.3, -0.25) is 4.99 Å². The fraction of sp³-hybridized carbons (Fsp3) is 0.400. The van der Waals surface area contributed by atoms with Crippen LogP contribution < -0.4 is 10.6 Å². The van der Waals surface area contributed by atoms with Gasteiger partial charge in [-0.2, -0.15) is 5.10 Å². The van der Waals surface area contributed by atoms with Gasteiger partial charge in [0, 0.05) is 26.3 Å². The van der Waals surface area contributed by atoms with Gasteiger partial charge in [-0.05, 0) is 75.7 Å². The van der Waals surface area contributed by atoms with Crippen LogP contribution in [-0.2, 0) is 0 Å². The Labute approximate surface area is 194 Å². The number of aromatic nitrogens is 3. The molecule has 0 spiro atoms. The van der Waals surface area contributed by atoms with Crippen LogP contribution in [0.1, 0.15) is 44.1 Å². The summed E-state index contributed by atoms with van der Waals surface area (Å²) in [6, 6.07) is 10.2. The molecule has 0 aliphatic carbocycles. The fourth-order valence-corrected chi connectivity index (χ4v) is 4.10. The third-order valence-corrected chi connectivity index (χ3v) is 5.76. The lowest BCUT2D eigenvalue weighted by Gasteiger charge is -2.21. The molecule has 0 bridgehead atoms. The Balaban J connectivity index is 1.67. The van der Waals surface area contributed by atoms with Gasteiger partial charge in [0.2, 0.25) is 0 Å². The van der Waals surface area contributed by atoms with E-state index in [0.29, 0.717) is 11.6 Å². The minimum atomic E-state index is -0.272. The number of likely N-dealkylation sites (tertiary alicyclic amines) is 1. The van der Waals surface area contributed by atoms with E-state index in [-0.39, 0.29) is 11.9 Å². The second-order valence-electron chi connectivity index (χ2n) is 8.60. The second kappa shape index (κ2) is 10.7. The van der Waals surface area contributed by atoms with Crippen LogP contribution in [0.25, 0.3) is 5.52 Å². The third-order valence-electron chi connectivity index (χ3n) is 5.76. The van der Waals surface area contributed by atoms with Crippen molar-refractivity contribution in [3.8, 4) is 0 Å². The zero-order chi connectivity index (χ0) is 23.2. The minimum absolute atomic E-state index is 0.260. The maximum atomic E-state index is 13.6. The molecule has 0 saturated carbocycles. The van der Waals surface area contributed by atoms with E-state index in [0.717, 1.165) is 48.7 Å². The van der Waals surface area contributed by atoms with Crippen molar-refractivity contribution in [2.24, 2.45) is 4.99 Å². The number of nitrogens with zero attached hydrogens (tertiary/aromatic N) is 5. The molecule has 1 aromatic carbocycles. The average Bonchev–Trinajstić information content (AvgIpc) is 3.49. The van der Waals surface area contributed by atoms with E-state index in [1.54, 1.807) is 19.2 Å². The first kappa shape index (κ1) is 23.1. The number of hydrogen-bond donors (Lipinski definition) is 2. The van der Waals surface area contributed by atoms with Gasteiger partial charge in [0.1, 0.15) is 17.2 Å². The molecule has 1 saturated heterocycles. The lowest BCUT2D eigenvalue weighted by molar-refractivity contribution is 0.330. The van der Waals surface area contributed by atoms with Crippen LogP contribution in [0.15, 0.2) is 59.2 Å². The van der Waals surface area contributed by atoms with Gasteiger partial charge in [0.15, 0.2) is 11.6 Å². The number of aliphatic imine (C=N–C) groups is 1. The van der Waals surface area contributed by atoms with E-state index < -0.39 is 0 Å². The van der Waals surface area contributed by atoms with Gasteiger partial charge in [0.05, 0.1) is 6.04 Å². The maximum Gasteiger partial charge on any atom is 0.173 e. The Bertz CT molecular complexity index is 1120. The van der Waals surface area contributed by atoms with Crippen LogP contribution in [0.4, 0.5) is 10.2 Å². The number of nitrogens with one attached hydrogen (secondary N) is 2. The normalized spacial score (nSPS) is 15.7. The standard InChI is InChI=1S/C25H32FN7/c1-18(2)17-22(27-3)29-24-21-7-6-15-33(21)31-25(30-24)23(19-8-10-20(26)11-9-19)28-12-16-32-13-4-5-14-32/h6-11,15,17,23,28H,4-5,12-14,16H2,1-3H3,(H,27,29,30,31). The van der Waals surface area contributed by atoms with Gasteiger partial charge in [0.25, 0.3) is 0 Å². The van der Waals surface area contributed by atoms with E-state index in [2.05, 4.69) is 20.5 Å². The van der Waals surface area contributed by atoms with E-state index in [4.69, 9.17) is 10.1 Å². The monoisotopic (exact) mass is 449 g/mol. The summed E-state index contributed by atoms with van der Waals surface area (Å²) in [7, 11) is 1.75. The molecule has 0 radical (unpaired) electrons. The van der Waals surface area contributed by atoms with Gasteiger partial charge in [-0.15, -0.1) is 0 Å². The molecule has 2 aromatic heterocycles. The fourth-order valence-electron chi connectivity index (χ4n) is 4.10. The lowest BCUT2D eigenvalue weighted by atomic mass is 10.1. The lowest BCUT2D eigenvalue weighted by Crippen LogP contribution is -2.33. The average molecular weight is 450 g/mol. The smallest absolute Gasteiger partial charge is 0.173 e. The zero-order valence-electron chi connectivity index (χ0n) is 19.6. The van der Waals surface area contributed by atoms with Crippen LogP contribution in [0.2, 0.25) is 0 Å². The molecular weight excluding hydrogens is 417 g/mol. The van der Waals surface area contributed by atoms with Crippen LogP contribution in [0, 0.1) is 5.82 Å². The number of benzene rings is 1. The molecule has 174 valence electrons. The van der Waals surface area contributed by atoms with Crippen LogP contribution in [0.5, 0.6) is 0 Å². The number of hydrogen-bond acceptors (Lipinski definition) is 5. The highest BCUT2D eigenvalue weighted by atomic mass is 19.1. The van der Waals surface area contributed by atoms with Crippen molar-refractivity contribution in [1.82, 2.24) is 24.8 Å². The molecule has 2 N–H and O–H groups in total.